The summed E-state index contributed by atoms with van der Waals surface area (Å²) in [5, 5.41) is 31.7. The first-order chi connectivity index (χ1) is 27.6. The van der Waals surface area contributed by atoms with E-state index < -0.39 is 58.7 Å². The quantitative estimate of drug-likeness (QED) is 0.0865. The van der Waals surface area contributed by atoms with Gasteiger partial charge >= 0.3 is 11.9 Å². The number of halogens is 1. The summed E-state index contributed by atoms with van der Waals surface area (Å²) in [4.78, 5) is 92.7. The van der Waals surface area contributed by atoms with Gasteiger partial charge in [-0.25, -0.2) is 14.2 Å². The van der Waals surface area contributed by atoms with Crippen molar-refractivity contribution in [3.63, 3.8) is 0 Å². The number of hydrogen-bond acceptors (Lipinski definition) is 11. The van der Waals surface area contributed by atoms with Crippen LogP contribution in [0.2, 0.25) is 0 Å². The molecule has 58 heavy (non-hydrogen) atoms. The number of aliphatic carboxylic acids is 1. The summed E-state index contributed by atoms with van der Waals surface area (Å²) < 4.78 is 22.0. The zero-order valence-electron chi connectivity index (χ0n) is 32.2. The Bertz CT molecular complexity index is 2320. The second-order valence-electron chi connectivity index (χ2n) is 15.6. The van der Waals surface area contributed by atoms with Crippen molar-refractivity contribution in [2.75, 3.05) is 19.6 Å². The molecule has 1 aromatic carbocycles. The number of carboxylic acids is 1. The summed E-state index contributed by atoms with van der Waals surface area (Å²) in [6, 6.07) is 1.37. The SMILES string of the molecule is CC[C@@]1(O)C(=O)OCc2c1cc1n(c2=O)Cc2c-1nc1cc(F)c(C)c3c1c2[C@@H](NC(=O)C1CC(CCNC(=O)CNC(=O)[C@H](CCC(=O)O)NC(=O)CN)C1)CC3. The molecule has 0 spiro atoms. The number of carbonyl (C=O) groups excluding carboxylic acids is 5. The molecular weight excluding hydrogens is 757 g/mol. The standard InChI is InChI=1S/C40H46FN7O10/c1-3-40(57)24-12-29-35-22(16-48(29)38(55)23(24)17-58-39(40)56)34-26(5-4-21-18(2)25(41)13-28(46-35)33(21)34)47-36(53)20-10-19(11-20)8-9-43-31(50)15-44-37(54)27(6-7-32(51)52)45-30(49)14-42/h12-13,19-20,26-27,57H,3-11,14-17,42H2,1-2H3,(H,43,50)(H,44,54)(H,45,49)(H,47,53)(H,51,52)/t19?,20?,26-,27-,40-/m0/s1. The molecule has 2 aliphatic carbocycles. The Labute approximate surface area is 331 Å². The number of cyclic esters (lactones) is 1. The Morgan fingerprint density at radius 1 is 1.10 bits per heavy atom. The number of rotatable bonds is 14. The molecule has 2 aliphatic heterocycles. The van der Waals surface area contributed by atoms with Crippen LogP contribution in [0.25, 0.3) is 22.3 Å². The lowest BCUT2D eigenvalue weighted by Crippen LogP contribution is -2.50. The van der Waals surface area contributed by atoms with Gasteiger partial charge in [0.1, 0.15) is 18.5 Å². The number of aliphatic hydroxyl groups is 1. The van der Waals surface area contributed by atoms with Crippen LogP contribution in [-0.4, -0.2) is 81.0 Å². The molecule has 4 heterocycles. The third-order valence-corrected chi connectivity index (χ3v) is 12.1. The molecule has 8 N–H and O–H groups in total. The number of pyridine rings is 2. The van der Waals surface area contributed by atoms with Gasteiger partial charge in [-0.2, -0.15) is 0 Å². The van der Waals surface area contributed by atoms with Crippen LogP contribution in [0, 0.1) is 24.6 Å². The zero-order valence-corrected chi connectivity index (χ0v) is 32.2. The minimum absolute atomic E-state index is 0.0123. The second kappa shape index (κ2) is 15.9. The number of fused-ring (bicyclic) bond motifs is 5. The average Bonchev–Trinajstić information content (AvgIpc) is 3.55. The highest BCUT2D eigenvalue weighted by Crippen LogP contribution is 2.46. The van der Waals surface area contributed by atoms with E-state index in [1.807, 2.05) is 0 Å². The number of nitrogens with two attached hydrogens (primary N) is 1. The zero-order chi connectivity index (χ0) is 41.6. The van der Waals surface area contributed by atoms with Crippen LogP contribution in [-0.2, 0) is 58.7 Å². The molecule has 0 bridgehead atoms. The van der Waals surface area contributed by atoms with E-state index in [1.54, 1.807) is 19.9 Å². The highest BCUT2D eigenvalue weighted by atomic mass is 19.1. The molecular formula is C40H46FN7O10. The first-order valence-electron chi connectivity index (χ1n) is 19.5. The van der Waals surface area contributed by atoms with Crippen LogP contribution in [0.5, 0.6) is 0 Å². The number of hydrogen-bond donors (Lipinski definition) is 7. The van der Waals surface area contributed by atoms with Gasteiger partial charge in [0.05, 0.1) is 48.1 Å². The second-order valence-corrected chi connectivity index (χ2v) is 15.6. The number of nitrogens with one attached hydrogen (secondary N) is 4. The lowest BCUT2D eigenvalue weighted by atomic mass is 9.72. The van der Waals surface area contributed by atoms with Crippen molar-refractivity contribution in [2.24, 2.45) is 17.6 Å². The van der Waals surface area contributed by atoms with Crippen LogP contribution >= 0.6 is 0 Å². The van der Waals surface area contributed by atoms with Gasteiger partial charge in [0.2, 0.25) is 23.6 Å². The summed E-state index contributed by atoms with van der Waals surface area (Å²) in [6.45, 7) is 2.74. The summed E-state index contributed by atoms with van der Waals surface area (Å²) in [5.74, 6) is -4.46. The fourth-order valence-corrected chi connectivity index (χ4v) is 8.73. The molecule has 308 valence electrons. The third-order valence-electron chi connectivity index (χ3n) is 12.1. The van der Waals surface area contributed by atoms with Crippen LogP contribution < -0.4 is 32.6 Å². The van der Waals surface area contributed by atoms with Crippen LogP contribution in [0.15, 0.2) is 16.9 Å². The van der Waals surface area contributed by atoms with E-state index in [1.165, 1.54) is 10.6 Å². The van der Waals surface area contributed by atoms with E-state index in [2.05, 4.69) is 21.3 Å². The van der Waals surface area contributed by atoms with Crippen LogP contribution in [0.3, 0.4) is 0 Å². The minimum atomic E-state index is -2.01. The number of esters is 1. The van der Waals surface area contributed by atoms with Gasteiger partial charge in [0.25, 0.3) is 5.56 Å². The fourth-order valence-electron chi connectivity index (χ4n) is 8.73. The molecule has 2 aromatic heterocycles. The Morgan fingerprint density at radius 3 is 2.57 bits per heavy atom. The highest BCUT2D eigenvalue weighted by Gasteiger charge is 2.46. The summed E-state index contributed by atoms with van der Waals surface area (Å²) in [7, 11) is 0. The Kier molecular flexibility index (Phi) is 11.1. The smallest absolute Gasteiger partial charge is 0.343 e. The molecule has 0 saturated heterocycles. The van der Waals surface area contributed by atoms with Crippen molar-refractivity contribution < 1.29 is 48.1 Å². The summed E-state index contributed by atoms with van der Waals surface area (Å²) in [5.41, 5.74) is 7.21. The fraction of sp³-hybridized carbons (Fsp3) is 0.500. The van der Waals surface area contributed by atoms with Crippen molar-refractivity contribution in [1.82, 2.24) is 30.8 Å². The van der Waals surface area contributed by atoms with Crippen molar-refractivity contribution in [1.29, 1.82) is 0 Å². The lowest BCUT2D eigenvalue weighted by Gasteiger charge is -2.36. The Morgan fingerprint density at radius 2 is 1.86 bits per heavy atom. The normalized spacial score (nSPS) is 21.7. The highest BCUT2D eigenvalue weighted by molar-refractivity contribution is 5.94. The lowest BCUT2D eigenvalue weighted by molar-refractivity contribution is -0.172. The van der Waals surface area contributed by atoms with Crippen LogP contribution in [0.4, 0.5) is 4.39 Å². The molecule has 4 amide bonds. The molecule has 0 unspecified atom stereocenters. The number of aromatic nitrogens is 2. The van der Waals surface area contributed by atoms with Gasteiger partial charge in [-0.15, -0.1) is 0 Å². The maximum absolute atomic E-state index is 15.3. The number of nitrogens with zero attached hydrogens (tertiary/aromatic N) is 2. The predicted octanol–water partition coefficient (Wildman–Crippen LogP) is 0.588. The molecule has 7 rings (SSSR count). The number of benzene rings is 1. The Hall–Kier alpha value is -5.75. The van der Waals surface area contributed by atoms with E-state index in [-0.39, 0.29) is 74.4 Å². The maximum Gasteiger partial charge on any atom is 0.343 e. The largest absolute Gasteiger partial charge is 0.481 e. The molecule has 1 fully saturated rings. The van der Waals surface area contributed by atoms with Crippen molar-refractivity contribution in [3.8, 4) is 11.4 Å². The van der Waals surface area contributed by atoms with Crippen LogP contribution in [0.1, 0.15) is 91.3 Å². The monoisotopic (exact) mass is 803 g/mol. The number of aryl methyl sites for hydroxylation is 1. The van der Waals surface area contributed by atoms with Crippen molar-refractivity contribution >= 4 is 46.5 Å². The van der Waals surface area contributed by atoms with Gasteiger partial charge in [0.15, 0.2) is 5.60 Å². The van der Waals surface area contributed by atoms with Gasteiger partial charge < -0.3 is 46.5 Å². The number of carbonyl (C=O) groups is 6. The number of amides is 4. The molecule has 3 atom stereocenters. The number of carboxylic acid groups (broad SMARTS) is 1. The summed E-state index contributed by atoms with van der Waals surface area (Å²) >= 11 is 0. The molecule has 0 radical (unpaired) electrons. The van der Waals surface area contributed by atoms with Crippen molar-refractivity contribution in [3.05, 3.63) is 61.7 Å². The molecule has 3 aromatic rings. The average molecular weight is 804 g/mol. The minimum Gasteiger partial charge on any atom is -0.481 e. The first-order valence-corrected chi connectivity index (χ1v) is 19.5. The topological polar surface area (TPSA) is 261 Å². The molecule has 18 heteroatoms. The van der Waals surface area contributed by atoms with Crippen molar-refractivity contribution in [2.45, 2.75) is 96.1 Å². The number of ether oxygens (including phenoxy) is 1. The maximum atomic E-state index is 15.3. The molecule has 17 nitrogen and oxygen atoms in total. The predicted molar refractivity (Wildman–Crippen MR) is 203 cm³/mol. The van der Waals surface area contributed by atoms with Gasteiger partial charge in [-0.05, 0) is 80.5 Å². The van der Waals surface area contributed by atoms with Gasteiger partial charge in [-0.1, -0.05) is 6.92 Å². The van der Waals surface area contributed by atoms with E-state index >= 15 is 4.39 Å². The summed E-state index contributed by atoms with van der Waals surface area (Å²) in [6.07, 6.45) is 2.22. The van der Waals surface area contributed by atoms with E-state index in [9.17, 15) is 38.7 Å². The third kappa shape index (κ3) is 7.30. The van der Waals surface area contributed by atoms with Gasteiger partial charge in [-0.3, -0.25) is 28.8 Å². The molecule has 4 aliphatic rings. The first kappa shape index (κ1) is 40.4. The van der Waals surface area contributed by atoms with E-state index in [0.717, 1.165) is 16.5 Å². The van der Waals surface area contributed by atoms with E-state index in [4.69, 9.17) is 20.6 Å². The molecule has 1 saturated carbocycles. The van der Waals surface area contributed by atoms with E-state index in [0.29, 0.717) is 66.7 Å². The Balaban J connectivity index is 1.01. The van der Waals surface area contributed by atoms with Gasteiger partial charge in [0, 0.05) is 41.5 Å².